The summed E-state index contributed by atoms with van der Waals surface area (Å²) < 4.78 is 5.87. The molecule has 5 heteroatoms. The fraction of sp³-hybridized carbons (Fsp3) is 0.400. The van der Waals surface area contributed by atoms with Crippen LogP contribution in [0.25, 0.3) is 10.9 Å². The maximum atomic E-state index is 10.9. The normalized spacial score (nSPS) is 15.1. The number of aromatic amines is 1. The van der Waals surface area contributed by atoms with Gasteiger partial charge in [-0.25, -0.2) is 0 Å². The zero-order valence-corrected chi connectivity index (χ0v) is 12.1. The third-order valence-electron chi connectivity index (χ3n) is 3.60. The molecule has 3 rings (SSSR count). The highest BCUT2D eigenvalue weighted by molar-refractivity contribution is 6.32. The molecule has 2 N–H and O–H groups in total. The van der Waals surface area contributed by atoms with Crippen molar-refractivity contribution in [2.24, 2.45) is 0 Å². The van der Waals surface area contributed by atoms with E-state index in [2.05, 4.69) is 10.3 Å². The minimum Gasteiger partial charge on any atom is -0.489 e. The van der Waals surface area contributed by atoms with Crippen molar-refractivity contribution in [2.45, 2.75) is 38.8 Å². The highest BCUT2D eigenvalue weighted by Gasteiger charge is 2.20. The van der Waals surface area contributed by atoms with Gasteiger partial charge in [0.2, 0.25) is 5.91 Å². The molecule has 20 heavy (non-hydrogen) atoms. The lowest BCUT2D eigenvalue weighted by Gasteiger charge is -2.26. The number of halogens is 1. The van der Waals surface area contributed by atoms with Gasteiger partial charge in [-0.05, 0) is 31.4 Å². The Labute approximate surface area is 122 Å². The van der Waals surface area contributed by atoms with Gasteiger partial charge in [-0.15, -0.1) is 0 Å². The lowest BCUT2D eigenvalue weighted by Crippen LogP contribution is -2.24. The quantitative estimate of drug-likeness (QED) is 0.907. The van der Waals surface area contributed by atoms with E-state index in [1.807, 2.05) is 18.2 Å². The molecule has 1 amide bonds. The van der Waals surface area contributed by atoms with Crippen molar-refractivity contribution in [3.05, 3.63) is 28.9 Å². The molecule has 4 nitrogen and oxygen atoms in total. The van der Waals surface area contributed by atoms with E-state index in [1.54, 1.807) is 0 Å². The number of hydrogen-bond acceptors (Lipinski definition) is 2. The number of amides is 1. The number of H-pyrrole nitrogens is 1. The van der Waals surface area contributed by atoms with Gasteiger partial charge in [-0.1, -0.05) is 11.6 Å². The number of carbonyl (C=O) groups excluding carboxylic acids is 1. The van der Waals surface area contributed by atoms with Crippen LogP contribution in [0, 0.1) is 0 Å². The molecule has 1 fully saturated rings. The molecule has 0 aliphatic heterocycles. The first-order chi connectivity index (χ1) is 9.61. The molecule has 0 spiro atoms. The van der Waals surface area contributed by atoms with Crippen LogP contribution in [0.3, 0.4) is 0 Å². The number of ether oxygens (including phenoxy) is 1. The second kappa shape index (κ2) is 5.37. The molecular weight excluding hydrogens is 276 g/mol. The summed E-state index contributed by atoms with van der Waals surface area (Å²) in [4.78, 5) is 14.2. The number of fused-ring (bicyclic) bond motifs is 1. The monoisotopic (exact) mass is 292 g/mol. The first-order valence-corrected chi connectivity index (χ1v) is 7.22. The Hall–Kier alpha value is -1.68. The van der Waals surface area contributed by atoms with Crippen LogP contribution >= 0.6 is 11.6 Å². The standard InChI is InChI=1S/C15H17ClN2O2/c1-9(19)17-8-11-5-10-6-13(16)15(7-14(10)18-11)20-12-3-2-4-12/h5-7,12,18H,2-4,8H2,1H3,(H,17,19). The highest BCUT2D eigenvalue weighted by Crippen LogP contribution is 2.34. The average molecular weight is 293 g/mol. The van der Waals surface area contributed by atoms with Crippen molar-refractivity contribution in [1.29, 1.82) is 0 Å². The SMILES string of the molecule is CC(=O)NCc1cc2cc(Cl)c(OC3CCC3)cc2[nH]1. The molecule has 1 aliphatic carbocycles. The van der Waals surface area contributed by atoms with Crippen molar-refractivity contribution in [3.63, 3.8) is 0 Å². The van der Waals surface area contributed by atoms with Gasteiger partial charge < -0.3 is 15.0 Å². The van der Waals surface area contributed by atoms with Crippen LogP contribution in [-0.2, 0) is 11.3 Å². The summed E-state index contributed by atoms with van der Waals surface area (Å²) in [5, 5.41) is 4.43. The van der Waals surface area contributed by atoms with Gasteiger partial charge in [0.05, 0.1) is 17.7 Å². The van der Waals surface area contributed by atoms with Gasteiger partial charge in [-0.3, -0.25) is 4.79 Å². The van der Waals surface area contributed by atoms with E-state index in [0.717, 1.165) is 35.2 Å². The molecule has 1 aliphatic rings. The Bertz CT molecular complexity index is 647. The molecule has 1 saturated carbocycles. The fourth-order valence-electron chi connectivity index (χ4n) is 2.27. The van der Waals surface area contributed by atoms with E-state index in [0.29, 0.717) is 17.7 Å². The predicted molar refractivity (Wildman–Crippen MR) is 79.1 cm³/mol. The fourth-order valence-corrected chi connectivity index (χ4v) is 2.48. The van der Waals surface area contributed by atoms with E-state index in [4.69, 9.17) is 16.3 Å². The molecule has 0 radical (unpaired) electrons. The number of aromatic nitrogens is 1. The molecule has 0 atom stereocenters. The second-order valence-corrected chi connectivity index (χ2v) is 5.65. The predicted octanol–water partition coefficient (Wildman–Crippen LogP) is 3.39. The van der Waals surface area contributed by atoms with Crippen LogP contribution in [-0.4, -0.2) is 17.0 Å². The summed E-state index contributed by atoms with van der Waals surface area (Å²) in [7, 11) is 0. The van der Waals surface area contributed by atoms with Gasteiger partial charge in [0.1, 0.15) is 5.75 Å². The zero-order valence-electron chi connectivity index (χ0n) is 11.3. The molecule has 0 saturated heterocycles. The van der Waals surface area contributed by atoms with Gasteiger partial charge in [0, 0.05) is 29.6 Å². The largest absolute Gasteiger partial charge is 0.489 e. The molecule has 0 unspecified atom stereocenters. The maximum absolute atomic E-state index is 10.9. The number of benzene rings is 1. The smallest absolute Gasteiger partial charge is 0.217 e. The first kappa shape index (κ1) is 13.3. The van der Waals surface area contributed by atoms with Crippen molar-refractivity contribution < 1.29 is 9.53 Å². The summed E-state index contributed by atoms with van der Waals surface area (Å²) >= 11 is 6.26. The van der Waals surface area contributed by atoms with Gasteiger partial charge in [-0.2, -0.15) is 0 Å². The highest BCUT2D eigenvalue weighted by atomic mass is 35.5. The molecule has 2 aromatic rings. The zero-order chi connectivity index (χ0) is 14.1. The Morgan fingerprint density at radius 3 is 2.90 bits per heavy atom. The molecule has 1 aromatic carbocycles. The van der Waals surface area contributed by atoms with Crippen LogP contribution in [0.5, 0.6) is 5.75 Å². The topological polar surface area (TPSA) is 54.1 Å². The van der Waals surface area contributed by atoms with Crippen LogP contribution in [0.1, 0.15) is 31.9 Å². The third-order valence-corrected chi connectivity index (χ3v) is 3.90. The summed E-state index contributed by atoms with van der Waals surface area (Å²) in [5.74, 6) is 0.687. The van der Waals surface area contributed by atoms with Gasteiger partial charge >= 0.3 is 0 Å². The molecular formula is C15H17ClN2O2. The van der Waals surface area contributed by atoms with E-state index >= 15 is 0 Å². The Balaban J connectivity index is 1.83. The Morgan fingerprint density at radius 1 is 1.45 bits per heavy atom. The van der Waals surface area contributed by atoms with Gasteiger partial charge in [0.25, 0.3) is 0 Å². The molecule has 1 heterocycles. The van der Waals surface area contributed by atoms with Crippen molar-refractivity contribution in [3.8, 4) is 5.75 Å². The minimum atomic E-state index is -0.0457. The lowest BCUT2D eigenvalue weighted by molar-refractivity contribution is -0.119. The summed E-state index contributed by atoms with van der Waals surface area (Å²) in [6.07, 6.45) is 3.74. The number of hydrogen-bond donors (Lipinski definition) is 2. The van der Waals surface area contributed by atoms with Crippen LogP contribution in [0.15, 0.2) is 18.2 Å². The van der Waals surface area contributed by atoms with Crippen LogP contribution in [0.4, 0.5) is 0 Å². The van der Waals surface area contributed by atoms with Crippen LogP contribution < -0.4 is 10.1 Å². The first-order valence-electron chi connectivity index (χ1n) is 6.84. The van der Waals surface area contributed by atoms with Crippen molar-refractivity contribution >= 4 is 28.4 Å². The van der Waals surface area contributed by atoms with E-state index in [9.17, 15) is 4.79 Å². The second-order valence-electron chi connectivity index (χ2n) is 5.24. The maximum Gasteiger partial charge on any atom is 0.217 e. The van der Waals surface area contributed by atoms with E-state index in [1.165, 1.54) is 13.3 Å². The number of rotatable bonds is 4. The number of nitrogens with one attached hydrogen (secondary N) is 2. The van der Waals surface area contributed by atoms with Crippen molar-refractivity contribution in [2.75, 3.05) is 0 Å². The summed E-state index contributed by atoms with van der Waals surface area (Å²) in [5.41, 5.74) is 1.93. The third kappa shape index (κ3) is 2.75. The number of carbonyl (C=O) groups is 1. The van der Waals surface area contributed by atoms with E-state index < -0.39 is 0 Å². The minimum absolute atomic E-state index is 0.0457. The average Bonchev–Trinajstić information content (AvgIpc) is 2.73. The van der Waals surface area contributed by atoms with Gasteiger partial charge in [0.15, 0.2) is 0 Å². The molecule has 0 bridgehead atoms. The summed E-state index contributed by atoms with van der Waals surface area (Å²) in [6, 6.07) is 5.83. The Kier molecular flexibility index (Phi) is 3.57. The molecule has 1 aromatic heterocycles. The lowest BCUT2D eigenvalue weighted by atomic mass is 9.96. The Morgan fingerprint density at radius 2 is 2.25 bits per heavy atom. The van der Waals surface area contributed by atoms with E-state index in [-0.39, 0.29) is 5.91 Å². The molecule has 106 valence electrons. The summed E-state index contributed by atoms with van der Waals surface area (Å²) in [6.45, 7) is 1.99. The van der Waals surface area contributed by atoms with Crippen molar-refractivity contribution in [1.82, 2.24) is 10.3 Å². The van der Waals surface area contributed by atoms with Crippen LogP contribution in [0.2, 0.25) is 5.02 Å².